The van der Waals surface area contributed by atoms with Gasteiger partial charge < -0.3 is 10.3 Å². The Labute approximate surface area is 85.7 Å². The Morgan fingerprint density at radius 1 is 1.36 bits per heavy atom. The van der Waals surface area contributed by atoms with Crippen molar-refractivity contribution in [3.05, 3.63) is 11.3 Å². The Kier molecular flexibility index (Phi) is 3.55. The zero-order chi connectivity index (χ0) is 10.7. The van der Waals surface area contributed by atoms with Crippen LogP contribution in [0.2, 0.25) is 0 Å². The molecule has 0 amide bonds. The van der Waals surface area contributed by atoms with E-state index in [-0.39, 0.29) is 0 Å². The number of hydrogen-bond acceptors (Lipinski definition) is 3. The summed E-state index contributed by atoms with van der Waals surface area (Å²) in [4.78, 5) is 0. The summed E-state index contributed by atoms with van der Waals surface area (Å²) in [6.07, 6.45) is 2.09. The summed E-state index contributed by atoms with van der Waals surface area (Å²) in [5, 5.41) is 3.83. The fourth-order valence-electron chi connectivity index (χ4n) is 1.57. The van der Waals surface area contributed by atoms with E-state index in [1.54, 1.807) is 0 Å². The van der Waals surface area contributed by atoms with E-state index in [4.69, 9.17) is 10.3 Å². The Bertz CT molecular complexity index is 291. The first-order valence-corrected chi connectivity index (χ1v) is 5.30. The summed E-state index contributed by atoms with van der Waals surface area (Å²) in [5.74, 6) is 2.53. The Morgan fingerprint density at radius 2 is 2.00 bits per heavy atom. The maximum absolute atomic E-state index is 5.75. The number of nitrogen functional groups attached to an aromatic ring is 1. The summed E-state index contributed by atoms with van der Waals surface area (Å²) < 4.78 is 5.25. The summed E-state index contributed by atoms with van der Waals surface area (Å²) in [5.41, 5.74) is 6.84. The molecule has 3 heteroatoms. The van der Waals surface area contributed by atoms with Gasteiger partial charge in [0.2, 0.25) is 0 Å². The lowest BCUT2D eigenvalue weighted by Crippen LogP contribution is -2.02. The second-order valence-corrected chi connectivity index (χ2v) is 4.28. The van der Waals surface area contributed by atoms with E-state index >= 15 is 0 Å². The van der Waals surface area contributed by atoms with Crippen LogP contribution in [0.25, 0.3) is 0 Å². The van der Waals surface area contributed by atoms with Gasteiger partial charge in [-0.25, -0.2) is 0 Å². The summed E-state index contributed by atoms with van der Waals surface area (Å²) >= 11 is 0. The molecule has 1 aromatic heterocycles. The first-order valence-electron chi connectivity index (χ1n) is 5.30. The molecule has 0 spiro atoms. The third kappa shape index (κ3) is 2.28. The predicted molar refractivity (Wildman–Crippen MR) is 58.2 cm³/mol. The molecule has 0 aliphatic carbocycles. The van der Waals surface area contributed by atoms with Gasteiger partial charge in [0.1, 0.15) is 5.76 Å². The van der Waals surface area contributed by atoms with Gasteiger partial charge in [-0.2, -0.15) is 0 Å². The van der Waals surface area contributed by atoms with Crippen LogP contribution in [0, 0.1) is 5.92 Å². The fraction of sp³-hybridized carbons (Fsp3) is 0.727. The number of anilines is 1. The van der Waals surface area contributed by atoms with E-state index < -0.39 is 0 Å². The van der Waals surface area contributed by atoms with Gasteiger partial charge in [0.25, 0.3) is 0 Å². The normalized spacial score (nSPS) is 13.5. The van der Waals surface area contributed by atoms with Gasteiger partial charge in [0.05, 0.1) is 0 Å². The molecule has 1 heterocycles. The largest absolute Gasteiger partial charge is 0.381 e. The van der Waals surface area contributed by atoms with E-state index in [9.17, 15) is 0 Å². The number of nitrogens with two attached hydrogens (primary N) is 1. The predicted octanol–water partition coefficient (Wildman–Crippen LogP) is 2.97. The first-order chi connectivity index (χ1) is 6.56. The minimum absolute atomic E-state index is 0.389. The molecule has 1 unspecified atom stereocenters. The Balaban J connectivity index is 2.86. The molecule has 0 radical (unpaired) electrons. The average molecular weight is 196 g/mol. The molecule has 1 atom stereocenters. The Hall–Kier alpha value is -0.990. The summed E-state index contributed by atoms with van der Waals surface area (Å²) in [6, 6.07) is 0. The van der Waals surface area contributed by atoms with E-state index in [1.807, 2.05) is 0 Å². The molecule has 14 heavy (non-hydrogen) atoms. The van der Waals surface area contributed by atoms with Crippen LogP contribution in [0.3, 0.4) is 0 Å². The van der Waals surface area contributed by atoms with Gasteiger partial charge in [-0.15, -0.1) is 0 Å². The van der Waals surface area contributed by atoms with Crippen molar-refractivity contribution in [2.24, 2.45) is 5.92 Å². The minimum Gasteiger partial charge on any atom is -0.381 e. The van der Waals surface area contributed by atoms with Crippen molar-refractivity contribution in [2.45, 2.75) is 46.5 Å². The number of aromatic nitrogens is 1. The van der Waals surface area contributed by atoms with Crippen molar-refractivity contribution in [1.29, 1.82) is 0 Å². The van der Waals surface area contributed by atoms with E-state index in [0.717, 1.165) is 24.2 Å². The fourth-order valence-corrected chi connectivity index (χ4v) is 1.57. The highest BCUT2D eigenvalue weighted by atomic mass is 16.5. The maximum Gasteiger partial charge on any atom is 0.170 e. The second kappa shape index (κ2) is 4.49. The second-order valence-electron chi connectivity index (χ2n) is 4.28. The van der Waals surface area contributed by atoms with E-state index in [0.29, 0.717) is 17.7 Å². The average Bonchev–Trinajstić information content (AvgIpc) is 2.46. The monoisotopic (exact) mass is 196 g/mol. The van der Waals surface area contributed by atoms with Gasteiger partial charge >= 0.3 is 0 Å². The van der Waals surface area contributed by atoms with Gasteiger partial charge in [0, 0.05) is 12.0 Å². The number of rotatable bonds is 4. The van der Waals surface area contributed by atoms with E-state index in [1.165, 1.54) is 0 Å². The van der Waals surface area contributed by atoms with Crippen molar-refractivity contribution < 1.29 is 4.52 Å². The molecule has 80 valence electrons. The quantitative estimate of drug-likeness (QED) is 0.805. The van der Waals surface area contributed by atoms with Crippen molar-refractivity contribution in [2.75, 3.05) is 5.73 Å². The van der Waals surface area contributed by atoms with Gasteiger partial charge in [-0.1, -0.05) is 39.3 Å². The number of nitrogens with zero attached hydrogens (tertiary/aromatic N) is 1. The van der Waals surface area contributed by atoms with Crippen molar-refractivity contribution >= 4 is 5.82 Å². The smallest absolute Gasteiger partial charge is 0.170 e. The summed E-state index contributed by atoms with van der Waals surface area (Å²) in [7, 11) is 0. The molecule has 0 aliphatic rings. The van der Waals surface area contributed by atoms with Crippen LogP contribution in [0.5, 0.6) is 0 Å². The van der Waals surface area contributed by atoms with Crippen LogP contribution in [0.4, 0.5) is 5.82 Å². The molecular weight excluding hydrogens is 176 g/mol. The lowest BCUT2D eigenvalue weighted by Gasteiger charge is -2.08. The van der Waals surface area contributed by atoms with Crippen molar-refractivity contribution in [3.8, 4) is 0 Å². The molecule has 0 bridgehead atoms. The van der Waals surface area contributed by atoms with Crippen LogP contribution < -0.4 is 5.73 Å². The SMILES string of the molecule is CCC(C)Cc1onc(N)c1C(C)C. The molecule has 1 aromatic rings. The standard InChI is InChI=1S/C11H20N2O/c1-5-8(4)6-9-10(7(2)3)11(12)13-14-9/h7-8H,5-6H2,1-4H3,(H2,12,13). The van der Waals surface area contributed by atoms with Crippen LogP contribution >= 0.6 is 0 Å². The van der Waals surface area contributed by atoms with Crippen LogP contribution in [-0.2, 0) is 6.42 Å². The van der Waals surface area contributed by atoms with Crippen molar-refractivity contribution in [1.82, 2.24) is 5.16 Å². The molecule has 0 saturated heterocycles. The zero-order valence-corrected chi connectivity index (χ0v) is 9.50. The van der Waals surface area contributed by atoms with Gasteiger partial charge in [-0.05, 0) is 11.8 Å². The zero-order valence-electron chi connectivity index (χ0n) is 9.50. The maximum atomic E-state index is 5.75. The number of hydrogen-bond donors (Lipinski definition) is 1. The van der Waals surface area contributed by atoms with Gasteiger partial charge in [-0.3, -0.25) is 0 Å². The minimum atomic E-state index is 0.389. The molecule has 1 rings (SSSR count). The molecular formula is C11H20N2O. The first kappa shape index (κ1) is 11.1. The highest BCUT2D eigenvalue weighted by Crippen LogP contribution is 2.27. The van der Waals surface area contributed by atoms with E-state index in [2.05, 4.69) is 32.9 Å². The molecule has 2 N–H and O–H groups in total. The van der Waals surface area contributed by atoms with Crippen LogP contribution in [0.1, 0.15) is 51.4 Å². The summed E-state index contributed by atoms with van der Waals surface area (Å²) in [6.45, 7) is 8.62. The third-order valence-electron chi connectivity index (χ3n) is 2.64. The van der Waals surface area contributed by atoms with Gasteiger partial charge in [0.15, 0.2) is 5.82 Å². The Morgan fingerprint density at radius 3 is 2.50 bits per heavy atom. The third-order valence-corrected chi connectivity index (χ3v) is 2.64. The van der Waals surface area contributed by atoms with Crippen LogP contribution in [-0.4, -0.2) is 5.16 Å². The molecule has 3 nitrogen and oxygen atoms in total. The highest BCUT2D eigenvalue weighted by molar-refractivity contribution is 5.42. The topological polar surface area (TPSA) is 52.0 Å². The van der Waals surface area contributed by atoms with Crippen molar-refractivity contribution in [3.63, 3.8) is 0 Å². The molecule has 0 fully saturated rings. The molecule has 0 saturated carbocycles. The molecule has 0 aromatic carbocycles. The van der Waals surface area contributed by atoms with Crippen LogP contribution in [0.15, 0.2) is 4.52 Å². The lowest BCUT2D eigenvalue weighted by molar-refractivity contribution is 0.361. The lowest BCUT2D eigenvalue weighted by atomic mass is 9.96. The molecule has 0 aliphatic heterocycles. The highest BCUT2D eigenvalue weighted by Gasteiger charge is 2.18.